The van der Waals surface area contributed by atoms with Crippen LogP contribution in [0.25, 0.3) is 27.9 Å². The zero-order chi connectivity index (χ0) is 31.5. The molecule has 2 atom stereocenters. The number of carbonyl (C=O) groups is 1. The summed E-state index contributed by atoms with van der Waals surface area (Å²) in [6.07, 6.45) is 7.86. The molecule has 1 aromatic carbocycles. The van der Waals surface area contributed by atoms with E-state index in [0.717, 1.165) is 41.4 Å². The van der Waals surface area contributed by atoms with Crippen molar-refractivity contribution >= 4 is 38.4 Å². The summed E-state index contributed by atoms with van der Waals surface area (Å²) in [7, 11) is -4.12. The number of halogens is 1. The molecule has 2 N–H and O–H groups in total. The summed E-state index contributed by atoms with van der Waals surface area (Å²) in [5.41, 5.74) is 2.35. The van der Waals surface area contributed by atoms with Gasteiger partial charge in [-0.2, -0.15) is 0 Å². The van der Waals surface area contributed by atoms with E-state index >= 15 is 0 Å². The minimum absolute atomic E-state index is 0.0284. The Bertz CT molecular complexity index is 2030. The Morgan fingerprint density at radius 2 is 1.84 bits per heavy atom. The molecule has 3 fully saturated rings. The Hall–Kier alpha value is -4.36. The minimum atomic E-state index is -4.12. The van der Waals surface area contributed by atoms with Gasteiger partial charge in [0.25, 0.3) is 10.0 Å². The fraction of sp³-hybridized carbons (Fsp3) is 0.375. The maximum Gasteiger partial charge on any atom is 0.311 e. The van der Waals surface area contributed by atoms with Crippen LogP contribution in [-0.4, -0.2) is 55.7 Å². The van der Waals surface area contributed by atoms with E-state index in [0.29, 0.717) is 23.5 Å². The second kappa shape index (κ2) is 11.2. The molecule has 4 aromatic heterocycles. The zero-order valence-corrected chi connectivity index (χ0v) is 25.7. The van der Waals surface area contributed by atoms with Gasteiger partial charge in [-0.25, -0.2) is 31.3 Å². The SMILES string of the molecule is CCOC(=O)[C@H]1[C@H]2CC[C@H](CC2)[C@@H]1Nc1nc(-c2cn(S(=O)(=O)c3ccc(C)cc3)c3ncc(F)cc23)nn2cc(CO)cc12. The largest absolute Gasteiger partial charge is 0.466 e. The second-order valence-electron chi connectivity index (χ2n) is 11.9. The quantitative estimate of drug-likeness (QED) is 0.233. The third-order valence-corrected chi connectivity index (χ3v) is 10.8. The van der Waals surface area contributed by atoms with E-state index < -0.39 is 15.8 Å². The highest BCUT2D eigenvalue weighted by Crippen LogP contribution is 2.47. The van der Waals surface area contributed by atoms with Crippen LogP contribution in [0, 0.1) is 30.5 Å². The molecule has 4 heterocycles. The number of nitrogens with zero attached hydrogens (tertiary/aromatic N) is 5. The number of aliphatic hydroxyl groups is 1. The summed E-state index contributed by atoms with van der Waals surface area (Å²) in [6.45, 7) is 3.71. The van der Waals surface area contributed by atoms with Crippen LogP contribution in [0.4, 0.5) is 10.2 Å². The van der Waals surface area contributed by atoms with Gasteiger partial charge in [-0.3, -0.25) is 4.79 Å². The monoisotopic (exact) mass is 632 g/mol. The molecule has 3 aliphatic rings. The highest BCUT2D eigenvalue weighted by molar-refractivity contribution is 7.90. The first-order chi connectivity index (χ1) is 21.7. The average molecular weight is 633 g/mol. The maximum atomic E-state index is 14.6. The molecule has 45 heavy (non-hydrogen) atoms. The summed E-state index contributed by atoms with van der Waals surface area (Å²) in [4.78, 5) is 22.2. The number of nitrogens with one attached hydrogen (secondary N) is 1. The van der Waals surface area contributed by atoms with Crippen molar-refractivity contribution in [3.05, 3.63) is 71.9 Å². The highest BCUT2D eigenvalue weighted by Gasteiger charge is 2.48. The standard InChI is InChI=1S/C32H33FN6O5S/c1-3-44-32(41)27-20-6-8-21(9-7-20)28(27)35-30-26-12-19(17-40)15-38(26)37-29(36-30)25-16-39(31-24(25)13-22(33)14-34-31)45(42,43)23-10-4-18(2)5-11-23/h4-5,10-16,20-21,27-28,40H,3,6-9,17H2,1-2H3,(H,35,36,37)/t20-,21+,27-,28-/m0/s1. The molecular weight excluding hydrogens is 599 g/mol. The molecular formula is C32H33FN6O5S. The lowest BCUT2D eigenvalue weighted by Gasteiger charge is -2.47. The van der Waals surface area contributed by atoms with Crippen molar-refractivity contribution in [2.45, 2.75) is 57.1 Å². The van der Waals surface area contributed by atoms with E-state index in [4.69, 9.17) is 9.72 Å². The van der Waals surface area contributed by atoms with Crippen molar-refractivity contribution in [1.82, 2.24) is 23.6 Å². The summed E-state index contributed by atoms with van der Waals surface area (Å²) >= 11 is 0. The minimum Gasteiger partial charge on any atom is -0.466 e. The van der Waals surface area contributed by atoms with Crippen molar-refractivity contribution in [2.75, 3.05) is 11.9 Å². The molecule has 3 aliphatic carbocycles. The van der Waals surface area contributed by atoms with Crippen molar-refractivity contribution < 1.29 is 27.4 Å². The van der Waals surface area contributed by atoms with E-state index in [1.54, 1.807) is 35.8 Å². The number of ether oxygens (including phenoxy) is 1. The molecule has 11 nitrogen and oxygen atoms in total. The van der Waals surface area contributed by atoms with Gasteiger partial charge in [0.15, 0.2) is 17.3 Å². The van der Waals surface area contributed by atoms with E-state index in [1.807, 2.05) is 6.92 Å². The molecule has 0 radical (unpaired) electrons. The molecule has 0 saturated heterocycles. The van der Waals surface area contributed by atoms with Gasteiger partial charge in [-0.1, -0.05) is 17.7 Å². The fourth-order valence-electron chi connectivity index (χ4n) is 6.99. The molecule has 3 saturated carbocycles. The summed E-state index contributed by atoms with van der Waals surface area (Å²) in [5.74, 6) is -0.257. The number of anilines is 1. The Labute approximate surface area is 259 Å². The lowest BCUT2D eigenvalue weighted by Crippen LogP contribution is -2.52. The number of benzene rings is 1. The second-order valence-corrected chi connectivity index (χ2v) is 13.7. The van der Waals surface area contributed by atoms with Gasteiger partial charge in [0.2, 0.25) is 0 Å². The number of aryl methyl sites for hydroxylation is 1. The van der Waals surface area contributed by atoms with Crippen LogP contribution >= 0.6 is 0 Å². The molecule has 234 valence electrons. The van der Waals surface area contributed by atoms with Gasteiger partial charge < -0.3 is 15.2 Å². The molecule has 0 amide bonds. The Balaban J connectivity index is 1.39. The van der Waals surface area contributed by atoms with Crippen molar-refractivity contribution in [3.8, 4) is 11.4 Å². The molecule has 8 rings (SSSR count). The first-order valence-electron chi connectivity index (χ1n) is 15.1. The van der Waals surface area contributed by atoms with Crippen molar-refractivity contribution in [1.29, 1.82) is 0 Å². The number of rotatable bonds is 8. The number of aliphatic hydroxyl groups excluding tert-OH is 1. The average Bonchev–Trinajstić information content (AvgIpc) is 3.64. The molecule has 0 spiro atoms. The van der Waals surface area contributed by atoms with E-state index in [-0.39, 0.29) is 63.7 Å². The predicted molar refractivity (Wildman–Crippen MR) is 164 cm³/mol. The number of hydrogen-bond donors (Lipinski definition) is 2. The number of esters is 1. The number of carbonyl (C=O) groups excluding carboxylic acids is 1. The van der Waals surface area contributed by atoms with Crippen LogP contribution < -0.4 is 5.32 Å². The van der Waals surface area contributed by atoms with Gasteiger partial charge in [-0.15, -0.1) is 5.10 Å². The Kier molecular flexibility index (Phi) is 7.32. The van der Waals surface area contributed by atoms with Crippen LogP contribution in [0.3, 0.4) is 0 Å². The van der Waals surface area contributed by atoms with Gasteiger partial charge in [-0.05, 0) is 81.2 Å². The highest BCUT2D eigenvalue weighted by atomic mass is 32.2. The first kappa shape index (κ1) is 29.4. The van der Waals surface area contributed by atoms with Crippen LogP contribution in [-0.2, 0) is 26.2 Å². The Morgan fingerprint density at radius 1 is 1.11 bits per heavy atom. The lowest BCUT2D eigenvalue weighted by molar-refractivity contribution is -0.154. The summed E-state index contributed by atoms with van der Waals surface area (Å²) in [5, 5.41) is 18.4. The predicted octanol–water partition coefficient (Wildman–Crippen LogP) is 4.70. The smallest absolute Gasteiger partial charge is 0.311 e. The maximum absolute atomic E-state index is 14.6. The topological polar surface area (TPSA) is 141 Å². The molecule has 0 unspecified atom stereocenters. The summed E-state index contributed by atoms with van der Waals surface area (Å²) in [6, 6.07) is 9.17. The van der Waals surface area contributed by atoms with Gasteiger partial charge in [0, 0.05) is 29.4 Å². The Morgan fingerprint density at radius 3 is 2.56 bits per heavy atom. The zero-order valence-electron chi connectivity index (χ0n) is 24.9. The number of hydrogen-bond acceptors (Lipinski definition) is 9. The van der Waals surface area contributed by atoms with Crippen LogP contribution in [0.1, 0.15) is 43.7 Å². The van der Waals surface area contributed by atoms with Crippen LogP contribution in [0.2, 0.25) is 0 Å². The first-order valence-corrected chi connectivity index (χ1v) is 16.5. The van der Waals surface area contributed by atoms with E-state index in [1.165, 1.54) is 24.4 Å². The van der Waals surface area contributed by atoms with Gasteiger partial charge >= 0.3 is 5.97 Å². The third-order valence-electron chi connectivity index (χ3n) is 9.18. The van der Waals surface area contributed by atoms with Crippen LogP contribution in [0.5, 0.6) is 0 Å². The summed E-state index contributed by atoms with van der Waals surface area (Å²) < 4.78 is 50.3. The van der Waals surface area contributed by atoms with Crippen LogP contribution in [0.15, 0.2) is 59.9 Å². The van der Waals surface area contributed by atoms with Gasteiger partial charge in [0.05, 0.1) is 30.2 Å². The van der Waals surface area contributed by atoms with E-state index in [2.05, 4.69) is 15.4 Å². The lowest BCUT2D eigenvalue weighted by atomic mass is 9.61. The molecule has 13 heteroatoms. The normalized spacial score (nSPS) is 21.4. The molecule has 0 aliphatic heterocycles. The molecule has 2 bridgehead atoms. The van der Waals surface area contributed by atoms with Gasteiger partial charge in [0.1, 0.15) is 11.3 Å². The number of pyridine rings is 1. The van der Waals surface area contributed by atoms with Crippen molar-refractivity contribution in [2.24, 2.45) is 17.8 Å². The fourth-order valence-corrected chi connectivity index (χ4v) is 8.32. The molecule has 5 aromatic rings. The number of fused-ring (bicyclic) bond motifs is 5. The van der Waals surface area contributed by atoms with E-state index in [9.17, 15) is 22.7 Å². The third kappa shape index (κ3) is 5.03. The number of aromatic nitrogens is 5. The van der Waals surface area contributed by atoms with Crippen molar-refractivity contribution in [3.63, 3.8) is 0 Å².